The summed E-state index contributed by atoms with van der Waals surface area (Å²) >= 11 is 0. The molecule has 1 unspecified atom stereocenters. The number of ether oxygens (including phenoxy) is 3. The summed E-state index contributed by atoms with van der Waals surface area (Å²) in [6, 6.07) is 0. The lowest BCUT2D eigenvalue weighted by Gasteiger charge is -2.18. The molecule has 0 bridgehead atoms. The van der Waals surface area contributed by atoms with Crippen LogP contribution >= 0.6 is 0 Å². The zero-order valence-corrected chi connectivity index (χ0v) is 45.8. The molecule has 0 N–H and O–H groups in total. The van der Waals surface area contributed by atoms with E-state index in [0.717, 1.165) is 51.4 Å². The predicted molar refractivity (Wildman–Crippen MR) is 298 cm³/mol. The van der Waals surface area contributed by atoms with Crippen molar-refractivity contribution in [1.82, 2.24) is 0 Å². The van der Waals surface area contributed by atoms with Gasteiger partial charge in [-0.2, -0.15) is 0 Å². The Morgan fingerprint density at radius 2 is 0.594 bits per heavy atom. The lowest BCUT2D eigenvalue weighted by molar-refractivity contribution is -0.166. The van der Waals surface area contributed by atoms with E-state index >= 15 is 0 Å². The van der Waals surface area contributed by atoms with Crippen LogP contribution in [0.3, 0.4) is 0 Å². The van der Waals surface area contributed by atoms with Crippen molar-refractivity contribution in [3.8, 4) is 0 Å². The molecule has 6 heteroatoms. The number of unbranched alkanes of at least 4 members (excludes halogenated alkanes) is 34. The fraction of sp³-hybridized carbons (Fsp3) is 0.794. The Hall–Kier alpha value is -2.89. The van der Waals surface area contributed by atoms with Crippen LogP contribution in [0, 0.1) is 0 Å². The van der Waals surface area contributed by atoms with Gasteiger partial charge in [0, 0.05) is 19.3 Å². The molecule has 1 atom stereocenters. The molecule has 69 heavy (non-hydrogen) atoms. The molecule has 0 heterocycles. The maximum atomic E-state index is 12.9. The second-order valence-corrected chi connectivity index (χ2v) is 19.9. The van der Waals surface area contributed by atoms with Gasteiger partial charge in [0.2, 0.25) is 0 Å². The molecule has 0 aliphatic heterocycles. The van der Waals surface area contributed by atoms with Gasteiger partial charge in [-0.05, 0) is 89.9 Å². The maximum Gasteiger partial charge on any atom is 0.306 e. The van der Waals surface area contributed by atoms with Gasteiger partial charge < -0.3 is 14.2 Å². The molecule has 6 nitrogen and oxygen atoms in total. The van der Waals surface area contributed by atoms with Crippen molar-refractivity contribution in [2.75, 3.05) is 13.2 Å². The van der Waals surface area contributed by atoms with Crippen LogP contribution in [0.15, 0.2) is 60.8 Å². The Bertz CT molecular complexity index is 1250. The molecule has 0 aliphatic rings. The van der Waals surface area contributed by atoms with Gasteiger partial charge in [0.25, 0.3) is 0 Å². The van der Waals surface area contributed by atoms with E-state index in [0.29, 0.717) is 19.3 Å². The van der Waals surface area contributed by atoms with Crippen molar-refractivity contribution >= 4 is 17.9 Å². The Kier molecular flexibility index (Phi) is 55.3. The third-order valence-electron chi connectivity index (χ3n) is 13.0. The molecule has 0 aromatic carbocycles. The van der Waals surface area contributed by atoms with Crippen molar-refractivity contribution in [2.24, 2.45) is 0 Å². The van der Waals surface area contributed by atoms with Crippen LogP contribution in [0.4, 0.5) is 0 Å². The molecule has 0 saturated heterocycles. The molecule has 0 rings (SSSR count). The second kappa shape index (κ2) is 57.7. The molecule has 400 valence electrons. The van der Waals surface area contributed by atoms with Crippen LogP contribution in [0.2, 0.25) is 0 Å². The van der Waals surface area contributed by atoms with Crippen LogP contribution in [0.25, 0.3) is 0 Å². The van der Waals surface area contributed by atoms with E-state index in [1.807, 2.05) is 6.08 Å². The maximum absolute atomic E-state index is 12.9. The van der Waals surface area contributed by atoms with Gasteiger partial charge in [-0.15, -0.1) is 0 Å². The molecule has 0 aromatic heterocycles. The number of hydrogen-bond acceptors (Lipinski definition) is 6. The first-order valence-corrected chi connectivity index (χ1v) is 29.8. The third kappa shape index (κ3) is 55.9. The zero-order valence-electron chi connectivity index (χ0n) is 45.8. The summed E-state index contributed by atoms with van der Waals surface area (Å²) in [5.41, 5.74) is 0. The van der Waals surface area contributed by atoms with Crippen LogP contribution in [-0.2, 0) is 28.6 Å². The first-order valence-electron chi connectivity index (χ1n) is 29.8. The van der Waals surface area contributed by atoms with Crippen molar-refractivity contribution in [2.45, 2.75) is 309 Å². The van der Waals surface area contributed by atoms with Gasteiger partial charge in [-0.1, -0.05) is 255 Å². The highest BCUT2D eigenvalue weighted by molar-refractivity contribution is 5.71. The minimum atomic E-state index is -0.800. The molecule has 0 spiro atoms. The summed E-state index contributed by atoms with van der Waals surface area (Å²) in [4.78, 5) is 38.1. The highest BCUT2D eigenvalue weighted by Gasteiger charge is 2.19. The van der Waals surface area contributed by atoms with E-state index in [-0.39, 0.29) is 37.5 Å². The minimum absolute atomic E-state index is 0.0936. The number of carbonyl (C=O) groups excluding carboxylic acids is 3. The summed E-state index contributed by atoms with van der Waals surface area (Å²) in [5.74, 6) is -0.960. The first kappa shape index (κ1) is 66.1. The molecule has 0 amide bonds. The van der Waals surface area contributed by atoms with Crippen molar-refractivity contribution in [1.29, 1.82) is 0 Å². The van der Waals surface area contributed by atoms with Gasteiger partial charge in [0.05, 0.1) is 0 Å². The van der Waals surface area contributed by atoms with Gasteiger partial charge in [0.15, 0.2) is 6.10 Å². The quantitative estimate of drug-likeness (QED) is 0.0199. The van der Waals surface area contributed by atoms with Crippen molar-refractivity contribution in [3.63, 3.8) is 0 Å². The van der Waals surface area contributed by atoms with E-state index < -0.39 is 6.10 Å². The van der Waals surface area contributed by atoms with E-state index in [4.69, 9.17) is 14.2 Å². The SMILES string of the molecule is CCCCC/C=C/C=C/CCCCCCCCCCCCC(=O)OCC(COC(=O)CC/C=C/C/C=C/CCCCCCCC)OC(=O)CCCCCCCCC/C=C/CCCCCCCCCC. The van der Waals surface area contributed by atoms with Crippen LogP contribution in [-0.4, -0.2) is 37.2 Å². The smallest absolute Gasteiger partial charge is 0.306 e. The molecule has 0 aliphatic carbocycles. The van der Waals surface area contributed by atoms with E-state index in [1.165, 1.54) is 205 Å². The molecule has 0 radical (unpaired) electrons. The third-order valence-corrected chi connectivity index (χ3v) is 13.0. The Balaban J connectivity index is 4.39. The second-order valence-electron chi connectivity index (χ2n) is 19.9. The van der Waals surface area contributed by atoms with Gasteiger partial charge in [-0.25, -0.2) is 0 Å². The van der Waals surface area contributed by atoms with Crippen LogP contribution in [0.1, 0.15) is 303 Å². The predicted octanol–water partition coefficient (Wildman–Crippen LogP) is 20.0. The molecular formula is C63H112O6. The van der Waals surface area contributed by atoms with Gasteiger partial charge >= 0.3 is 17.9 Å². The van der Waals surface area contributed by atoms with Crippen LogP contribution < -0.4 is 0 Å². The average Bonchev–Trinajstić information content (AvgIpc) is 3.35. The summed E-state index contributed by atoms with van der Waals surface area (Å²) in [5, 5.41) is 0. The molecule has 0 fully saturated rings. The standard InChI is InChI=1S/C63H112O6/c1-4-7-10-13-16-19-22-25-27-29-31-33-35-38-41-44-47-50-53-56-62(65)68-59-60(58-67-61(64)55-52-49-46-43-40-37-24-21-18-15-12-9-6-3)69-63(66)57-54-51-48-45-42-39-36-34-32-30-28-26-23-20-17-14-11-8-5-2/h16,19,22,25,30,32,37,40,46,49,60H,4-15,17-18,20-21,23-24,26-29,31,33-36,38-39,41-45,47-48,50-59H2,1-3H3/b19-16+,25-22+,32-30+,40-37+,49-46+. The van der Waals surface area contributed by atoms with E-state index in [9.17, 15) is 14.4 Å². The van der Waals surface area contributed by atoms with Gasteiger partial charge in [-0.3, -0.25) is 14.4 Å². The first-order chi connectivity index (χ1) is 34.0. The van der Waals surface area contributed by atoms with Crippen molar-refractivity contribution in [3.05, 3.63) is 60.8 Å². The van der Waals surface area contributed by atoms with Gasteiger partial charge in [0.1, 0.15) is 13.2 Å². The molecule has 0 aromatic rings. The highest BCUT2D eigenvalue weighted by atomic mass is 16.6. The highest BCUT2D eigenvalue weighted by Crippen LogP contribution is 2.16. The number of hydrogen-bond donors (Lipinski definition) is 0. The van der Waals surface area contributed by atoms with E-state index in [1.54, 1.807) is 0 Å². The molecular weight excluding hydrogens is 853 g/mol. The Morgan fingerprint density at radius 1 is 0.304 bits per heavy atom. The summed E-state index contributed by atoms with van der Waals surface area (Å²) in [6.45, 7) is 6.57. The number of esters is 3. The number of rotatable bonds is 54. The fourth-order valence-electron chi connectivity index (χ4n) is 8.48. The van der Waals surface area contributed by atoms with Crippen molar-refractivity contribution < 1.29 is 28.6 Å². The molecule has 0 saturated carbocycles. The fourth-order valence-corrected chi connectivity index (χ4v) is 8.48. The average molecular weight is 966 g/mol. The summed E-state index contributed by atoms with van der Waals surface area (Å²) < 4.78 is 16.8. The number of allylic oxidation sites excluding steroid dienone is 10. The Morgan fingerprint density at radius 3 is 1.01 bits per heavy atom. The zero-order chi connectivity index (χ0) is 50.0. The summed E-state index contributed by atoms with van der Waals surface area (Å²) in [6.07, 6.45) is 72.3. The number of carbonyl (C=O) groups is 3. The van der Waals surface area contributed by atoms with E-state index in [2.05, 4.69) is 75.5 Å². The topological polar surface area (TPSA) is 78.9 Å². The normalized spacial score (nSPS) is 12.4. The minimum Gasteiger partial charge on any atom is -0.462 e. The van der Waals surface area contributed by atoms with Crippen LogP contribution in [0.5, 0.6) is 0 Å². The Labute approximate surface area is 428 Å². The monoisotopic (exact) mass is 965 g/mol. The largest absolute Gasteiger partial charge is 0.462 e. The summed E-state index contributed by atoms with van der Waals surface area (Å²) in [7, 11) is 0. The lowest BCUT2D eigenvalue weighted by Crippen LogP contribution is -2.30. The lowest BCUT2D eigenvalue weighted by atomic mass is 10.1.